The minimum absolute atomic E-state index is 0.0971. The zero-order valence-corrected chi connectivity index (χ0v) is 18.7. The van der Waals surface area contributed by atoms with Crippen LogP contribution in [0.2, 0.25) is 0 Å². The van der Waals surface area contributed by atoms with Crippen LogP contribution in [0.15, 0.2) is 47.3 Å². The van der Waals surface area contributed by atoms with E-state index in [1.165, 1.54) is 23.1 Å². The molecule has 0 saturated carbocycles. The molecule has 4 rings (SSSR count). The maximum atomic E-state index is 14.5. The third-order valence-electron chi connectivity index (χ3n) is 6.61. The number of aliphatic hydroxyl groups is 1. The van der Waals surface area contributed by atoms with Crippen LogP contribution in [0.5, 0.6) is 0 Å². The number of nitrogens with zero attached hydrogens (tertiary/aromatic N) is 2. The fraction of sp³-hybridized carbons (Fsp3) is 0.400. The van der Waals surface area contributed by atoms with E-state index in [1.54, 1.807) is 34.9 Å². The van der Waals surface area contributed by atoms with Gasteiger partial charge in [-0.2, -0.15) is 0 Å². The Morgan fingerprint density at radius 1 is 1.24 bits per heavy atom. The lowest BCUT2D eigenvalue weighted by Gasteiger charge is -2.38. The molecule has 0 aliphatic carbocycles. The number of benzene rings is 1. The SMILES string of the molecule is C/C=C\c1ccc2n(c1=O)C[C@@H]1[C@@H](CO)[C@H](C(=O)NCCC)[C@H]2N1C(=O)c1ccccc1F. The van der Waals surface area contributed by atoms with Crippen LogP contribution in [0.1, 0.15) is 47.9 Å². The number of halogens is 1. The van der Waals surface area contributed by atoms with Crippen molar-refractivity contribution in [2.24, 2.45) is 11.8 Å². The molecular formula is C25H28FN3O4. The molecule has 2 bridgehead atoms. The van der Waals surface area contributed by atoms with Gasteiger partial charge in [-0.15, -0.1) is 0 Å². The molecule has 4 atom stereocenters. The van der Waals surface area contributed by atoms with E-state index in [1.807, 2.05) is 13.8 Å². The summed E-state index contributed by atoms with van der Waals surface area (Å²) in [6.45, 7) is 4.00. The van der Waals surface area contributed by atoms with Gasteiger partial charge in [0.1, 0.15) is 5.82 Å². The van der Waals surface area contributed by atoms with Gasteiger partial charge in [-0.25, -0.2) is 4.39 Å². The molecule has 0 spiro atoms. The van der Waals surface area contributed by atoms with Crippen LogP contribution in [-0.4, -0.2) is 45.6 Å². The van der Waals surface area contributed by atoms with E-state index in [0.29, 0.717) is 17.8 Å². The van der Waals surface area contributed by atoms with Crippen molar-refractivity contribution in [3.8, 4) is 0 Å². The largest absolute Gasteiger partial charge is 0.396 e. The average Bonchev–Trinajstić information content (AvgIpc) is 3.06. The number of aliphatic hydroxyl groups excluding tert-OH is 1. The van der Waals surface area contributed by atoms with Crippen molar-refractivity contribution in [3.63, 3.8) is 0 Å². The number of amides is 2. The lowest BCUT2D eigenvalue weighted by atomic mass is 9.86. The number of carbonyl (C=O) groups is 2. The Balaban J connectivity index is 1.88. The fourth-order valence-corrected chi connectivity index (χ4v) is 5.15. The molecule has 2 amide bonds. The summed E-state index contributed by atoms with van der Waals surface area (Å²) in [6, 6.07) is 7.72. The Labute approximate surface area is 191 Å². The number of allylic oxidation sites excluding steroid dienone is 1. The second kappa shape index (κ2) is 9.31. The summed E-state index contributed by atoms with van der Waals surface area (Å²) in [5.41, 5.74) is 0.703. The van der Waals surface area contributed by atoms with E-state index in [4.69, 9.17) is 0 Å². The highest BCUT2D eigenvalue weighted by Crippen LogP contribution is 2.49. The zero-order valence-electron chi connectivity index (χ0n) is 18.7. The summed E-state index contributed by atoms with van der Waals surface area (Å²) >= 11 is 0. The minimum Gasteiger partial charge on any atom is -0.396 e. The van der Waals surface area contributed by atoms with E-state index in [-0.39, 0.29) is 30.2 Å². The van der Waals surface area contributed by atoms with Crippen molar-refractivity contribution >= 4 is 17.9 Å². The number of rotatable bonds is 6. The summed E-state index contributed by atoms with van der Waals surface area (Å²) in [4.78, 5) is 41.4. The van der Waals surface area contributed by atoms with Gasteiger partial charge >= 0.3 is 0 Å². The molecule has 33 heavy (non-hydrogen) atoms. The molecule has 2 aliphatic heterocycles. The van der Waals surface area contributed by atoms with Gasteiger partial charge in [-0.3, -0.25) is 14.4 Å². The van der Waals surface area contributed by atoms with Gasteiger partial charge in [0.05, 0.1) is 23.6 Å². The van der Waals surface area contributed by atoms with Crippen LogP contribution in [0.3, 0.4) is 0 Å². The number of pyridine rings is 1. The van der Waals surface area contributed by atoms with Crippen molar-refractivity contribution in [1.29, 1.82) is 0 Å². The number of hydrogen-bond donors (Lipinski definition) is 2. The van der Waals surface area contributed by atoms with Crippen molar-refractivity contribution in [1.82, 2.24) is 14.8 Å². The molecular weight excluding hydrogens is 425 g/mol. The first kappa shape index (κ1) is 22.9. The first-order valence-electron chi connectivity index (χ1n) is 11.3. The molecule has 0 radical (unpaired) electrons. The van der Waals surface area contributed by atoms with Gasteiger partial charge in [0.2, 0.25) is 5.91 Å². The van der Waals surface area contributed by atoms with E-state index in [0.717, 1.165) is 6.42 Å². The van der Waals surface area contributed by atoms with Gasteiger partial charge in [0.25, 0.3) is 11.5 Å². The van der Waals surface area contributed by atoms with Gasteiger partial charge in [-0.05, 0) is 37.6 Å². The second-order valence-electron chi connectivity index (χ2n) is 8.50. The maximum absolute atomic E-state index is 14.5. The Morgan fingerprint density at radius 2 is 2.00 bits per heavy atom. The lowest BCUT2D eigenvalue weighted by Crippen LogP contribution is -2.49. The number of carbonyl (C=O) groups excluding carboxylic acids is 2. The van der Waals surface area contributed by atoms with Gasteiger partial charge < -0.3 is 19.9 Å². The number of nitrogens with one attached hydrogen (secondary N) is 1. The summed E-state index contributed by atoms with van der Waals surface area (Å²) in [5.74, 6) is -2.84. The highest BCUT2D eigenvalue weighted by Gasteiger charge is 2.57. The van der Waals surface area contributed by atoms with Crippen molar-refractivity contribution in [2.45, 2.75) is 38.9 Å². The monoisotopic (exact) mass is 453 g/mol. The van der Waals surface area contributed by atoms with Crippen molar-refractivity contribution in [3.05, 3.63) is 75.5 Å². The Bertz CT molecular complexity index is 1160. The predicted molar refractivity (Wildman–Crippen MR) is 122 cm³/mol. The molecule has 2 aromatic rings. The quantitative estimate of drug-likeness (QED) is 0.703. The molecule has 1 fully saturated rings. The second-order valence-corrected chi connectivity index (χ2v) is 8.50. The van der Waals surface area contributed by atoms with E-state index >= 15 is 0 Å². The number of aromatic nitrogens is 1. The highest BCUT2D eigenvalue weighted by atomic mass is 19.1. The van der Waals surface area contributed by atoms with E-state index < -0.39 is 35.6 Å². The first-order chi connectivity index (χ1) is 15.9. The molecule has 1 saturated heterocycles. The molecule has 174 valence electrons. The summed E-state index contributed by atoms with van der Waals surface area (Å²) in [6.07, 6.45) is 4.22. The van der Waals surface area contributed by atoms with Gasteiger partial charge in [-0.1, -0.05) is 31.2 Å². The van der Waals surface area contributed by atoms with Crippen LogP contribution in [-0.2, 0) is 11.3 Å². The smallest absolute Gasteiger partial charge is 0.258 e. The topological polar surface area (TPSA) is 91.6 Å². The van der Waals surface area contributed by atoms with Crippen molar-refractivity contribution < 1.29 is 19.1 Å². The molecule has 3 heterocycles. The zero-order chi connectivity index (χ0) is 23.7. The Morgan fingerprint density at radius 3 is 2.67 bits per heavy atom. The lowest BCUT2D eigenvalue weighted by molar-refractivity contribution is -0.127. The number of fused-ring (bicyclic) bond motifs is 4. The Kier molecular flexibility index (Phi) is 6.47. The average molecular weight is 454 g/mol. The fourth-order valence-electron chi connectivity index (χ4n) is 5.15. The van der Waals surface area contributed by atoms with Crippen LogP contribution in [0, 0.1) is 17.7 Å². The van der Waals surface area contributed by atoms with Crippen molar-refractivity contribution in [2.75, 3.05) is 13.2 Å². The van der Waals surface area contributed by atoms with Crippen LogP contribution in [0.4, 0.5) is 4.39 Å². The summed E-state index contributed by atoms with van der Waals surface area (Å²) in [7, 11) is 0. The predicted octanol–water partition coefficient (Wildman–Crippen LogP) is 2.35. The molecule has 0 unspecified atom stereocenters. The molecule has 2 N–H and O–H groups in total. The van der Waals surface area contributed by atoms with Crippen LogP contribution in [0.25, 0.3) is 6.08 Å². The van der Waals surface area contributed by atoms with E-state index in [9.17, 15) is 23.9 Å². The molecule has 2 aliphatic rings. The molecule has 1 aromatic heterocycles. The minimum atomic E-state index is -0.794. The third-order valence-corrected chi connectivity index (χ3v) is 6.61. The number of hydrogen-bond acceptors (Lipinski definition) is 4. The third kappa shape index (κ3) is 3.78. The van der Waals surface area contributed by atoms with Crippen LogP contribution >= 0.6 is 0 Å². The standard InChI is InChI=1S/C25H28FN3O4/c1-3-7-15-10-11-19-22-21(23(31)27-12-4-2)17(14-30)20(13-28(19)24(15)32)29(22)25(33)16-8-5-6-9-18(16)26/h3,5-11,17,20-22,30H,4,12-14H2,1-2H3,(H,27,31)/b7-3-/t17-,20-,21+,22+/m1/s1. The van der Waals surface area contributed by atoms with E-state index in [2.05, 4.69) is 5.32 Å². The molecule has 7 nitrogen and oxygen atoms in total. The molecule has 1 aromatic carbocycles. The van der Waals surface area contributed by atoms with Gasteiger partial charge in [0, 0.05) is 36.9 Å². The normalized spacial score (nSPS) is 23.6. The maximum Gasteiger partial charge on any atom is 0.258 e. The van der Waals surface area contributed by atoms with Gasteiger partial charge in [0.15, 0.2) is 0 Å². The Hall–Kier alpha value is -3.26. The first-order valence-corrected chi connectivity index (χ1v) is 11.3. The van der Waals surface area contributed by atoms with Crippen LogP contribution < -0.4 is 10.9 Å². The summed E-state index contributed by atoms with van der Waals surface area (Å²) < 4.78 is 16.1. The summed E-state index contributed by atoms with van der Waals surface area (Å²) in [5, 5.41) is 13.2. The highest BCUT2D eigenvalue weighted by molar-refractivity contribution is 5.96. The molecule has 8 heteroatoms.